The second kappa shape index (κ2) is 5.67. The molecule has 90 valence electrons. The SMILES string of the molecule is Cc1cccc(NC(CN)c2csc(Br)c2)c1. The van der Waals surface area contributed by atoms with Crippen molar-refractivity contribution in [2.24, 2.45) is 5.73 Å². The molecule has 3 N–H and O–H groups in total. The van der Waals surface area contributed by atoms with E-state index in [9.17, 15) is 0 Å². The molecule has 2 aromatic rings. The minimum Gasteiger partial charge on any atom is -0.377 e. The summed E-state index contributed by atoms with van der Waals surface area (Å²) in [6.07, 6.45) is 0. The summed E-state index contributed by atoms with van der Waals surface area (Å²) >= 11 is 5.16. The topological polar surface area (TPSA) is 38.0 Å². The minimum atomic E-state index is 0.166. The van der Waals surface area contributed by atoms with Crippen molar-refractivity contribution in [2.45, 2.75) is 13.0 Å². The monoisotopic (exact) mass is 310 g/mol. The lowest BCUT2D eigenvalue weighted by molar-refractivity contribution is 0.793. The van der Waals surface area contributed by atoms with E-state index in [1.54, 1.807) is 11.3 Å². The molecule has 0 aliphatic rings. The molecular weight excluding hydrogens is 296 g/mol. The molecule has 0 saturated heterocycles. The van der Waals surface area contributed by atoms with Gasteiger partial charge in [-0.3, -0.25) is 0 Å². The first-order chi connectivity index (χ1) is 8.19. The zero-order chi connectivity index (χ0) is 12.3. The normalized spacial score (nSPS) is 12.4. The third-order valence-corrected chi connectivity index (χ3v) is 4.11. The van der Waals surface area contributed by atoms with Gasteiger partial charge in [0, 0.05) is 12.2 Å². The van der Waals surface area contributed by atoms with E-state index in [0.717, 1.165) is 9.47 Å². The molecule has 0 radical (unpaired) electrons. The van der Waals surface area contributed by atoms with Crippen LogP contribution in [0.1, 0.15) is 17.2 Å². The van der Waals surface area contributed by atoms with Crippen LogP contribution in [0.2, 0.25) is 0 Å². The summed E-state index contributed by atoms with van der Waals surface area (Å²) in [6.45, 7) is 2.67. The van der Waals surface area contributed by atoms with E-state index < -0.39 is 0 Å². The second-order valence-corrected chi connectivity index (χ2v) is 6.28. The molecule has 0 amide bonds. The van der Waals surface area contributed by atoms with Gasteiger partial charge < -0.3 is 11.1 Å². The van der Waals surface area contributed by atoms with Crippen molar-refractivity contribution >= 4 is 33.0 Å². The highest BCUT2D eigenvalue weighted by Crippen LogP contribution is 2.27. The molecule has 4 heteroatoms. The predicted molar refractivity (Wildman–Crippen MR) is 78.6 cm³/mol. The summed E-state index contributed by atoms with van der Waals surface area (Å²) in [6, 6.07) is 10.6. The Kier molecular flexibility index (Phi) is 4.20. The Bertz CT molecular complexity index is 496. The van der Waals surface area contributed by atoms with E-state index in [0.29, 0.717) is 6.54 Å². The largest absolute Gasteiger partial charge is 0.377 e. The van der Waals surface area contributed by atoms with Crippen LogP contribution in [0.5, 0.6) is 0 Å². The molecule has 0 fully saturated rings. The molecule has 1 heterocycles. The van der Waals surface area contributed by atoms with Crippen LogP contribution in [-0.2, 0) is 0 Å². The van der Waals surface area contributed by atoms with Gasteiger partial charge in [0.25, 0.3) is 0 Å². The zero-order valence-electron chi connectivity index (χ0n) is 9.61. The van der Waals surface area contributed by atoms with Gasteiger partial charge in [0.2, 0.25) is 0 Å². The lowest BCUT2D eigenvalue weighted by Crippen LogP contribution is -2.20. The van der Waals surface area contributed by atoms with E-state index in [4.69, 9.17) is 5.73 Å². The van der Waals surface area contributed by atoms with E-state index in [2.05, 4.69) is 63.9 Å². The fraction of sp³-hybridized carbons (Fsp3) is 0.231. The number of rotatable bonds is 4. The number of aryl methyl sites for hydroxylation is 1. The molecule has 1 aromatic carbocycles. The van der Waals surface area contributed by atoms with Gasteiger partial charge in [-0.05, 0) is 57.6 Å². The average Bonchev–Trinajstić information content (AvgIpc) is 2.73. The number of hydrogen-bond acceptors (Lipinski definition) is 3. The van der Waals surface area contributed by atoms with Crippen molar-refractivity contribution in [2.75, 3.05) is 11.9 Å². The summed E-state index contributed by atoms with van der Waals surface area (Å²) in [7, 11) is 0. The third kappa shape index (κ3) is 3.31. The molecule has 0 saturated carbocycles. The summed E-state index contributed by atoms with van der Waals surface area (Å²) in [5.41, 5.74) is 9.42. The lowest BCUT2D eigenvalue weighted by Gasteiger charge is -2.17. The van der Waals surface area contributed by atoms with Gasteiger partial charge >= 0.3 is 0 Å². The molecule has 17 heavy (non-hydrogen) atoms. The highest BCUT2D eigenvalue weighted by Gasteiger charge is 2.11. The molecule has 0 aliphatic carbocycles. The van der Waals surface area contributed by atoms with Crippen molar-refractivity contribution in [3.63, 3.8) is 0 Å². The van der Waals surface area contributed by atoms with Crippen LogP contribution < -0.4 is 11.1 Å². The van der Waals surface area contributed by atoms with Crippen LogP contribution in [0.3, 0.4) is 0 Å². The van der Waals surface area contributed by atoms with Crippen LogP contribution in [-0.4, -0.2) is 6.54 Å². The Morgan fingerprint density at radius 1 is 1.41 bits per heavy atom. The van der Waals surface area contributed by atoms with Gasteiger partial charge in [-0.15, -0.1) is 11.3 Å². The van der Waals surface area contributed by atoms with Gasteiger partial charge in [0.05, 0.1) is 9.83 Å². The summed E-state index contributed by atoms with van der Waals surface area (Å²) in [5, 5.41) is 5.59. The quantitative estimate of drug-likeness (QED) is 0.898. The van der Waals surface area contributed by atoms with Gasteiger partial charge in [0.1, 0.15) is 0 Å². The van der Waals surface area contributed by atoms with E-state index in [1.807, 2.05) is 0 Å². The smallest absolute Gasteiger partial charge is 0.0702 e. The maximum absolute atomic E-state index is 5.83. The van der Waals surface area contributed by atoms with E-state index in [-0.39, 0.29) is 6.04 Å². The zero-order valence-corrected chi connectivity index (χ0v) is 12.0. The highest BCUT2D eigenvalue weighted by atomic mass is 79.9. The van der Waals surface area contributed by atoms with Gasteiger partial charge in [-0.1, -0.05) is 12.1 Å². The molecule has 0 spiro atoms. The second-order valence-electron chi connectivity index (χ2n) is 3.99. The van der Waals surface area contributed by atoms with Crippen LogP contribution >= 0.6 is 27.3 Å². The molecule has 0 aliphatic heterocycles. The van der Waals surface area contributed by atoms with Crippen molar-refractivity contribution < 1.29 is 0 Å². The Balaban J connectivity index is 2.15. The molecule has 2 rings (SSSR count). The summed E-state index contributed by atoms with van der Waals surface area (Å²) in [4.78, 5) is 0. The van der Waals surface area contributed by atoms with Crippen molar-refractivity contribution in [3.8, 4) is 0 Å². The van der Waals surface area contributed by atoms with E-state index in [1.165, 1.54) is 11.1 Å². The summed E-state index contributed by atoms with van der Waals surface area (Å²) < 4.78 is 1.14. The first kappa shape index (κ1) is 12.6. The van der Waals surface area contributed by atoms with Crippen LogP contribution in [0.15, 0.2) is 39.5 Å². The Hall–Kier alpha value is -0.840. The number of benzene rings is 1. The highest BCUT2D eigenvalue weighted by molar-refractivity contribution is 9.11. The minimum absolute atomic E-state index is 0.166. The lowest BCUT2D eigenvalue weighted by atomic mass is 10.1. The van der Waals surface area contributed by atoms with Crippen LogP contribution in [0, 0.1) is 6.92 Å². The third-order valence-electron chi connectivity index (χ3n) is 2.58. The predicted octanol–water partition coefficient (Wildman–Crippen LogP) is 3.93. The van der Waals surface area contributed by atoms with Gasteiger partial charge in [-0.2, -0.15) is 0 Å². The van der Waals surface area contributed by atoms with E-state index >= 15 is 0 Å². The first-order valence-electron chi connectivity index (χ1n) is 5.46. The molecule has 0 bridgehead atoms. The van der Waals surface area contributed by atoms with Crippen LogP contribution in [0.25, 0.3) is 0 Å². The van der Waals surface area contributed by atoms with Gasteiger partial charge in [-0.25, -0.2) is 0 Å². The molecule has 1 atom stereocenters. The van der Waals surface area contributed by atoms with Gasteiger partial charge in [0.15, 0.2) is 0 Å². The number of hydrogen-bond donors (Lipinski definition) is 2. The van der Waals surface area contributed by atoms with Crippen LogP contribution in [0.4, 0.5) is 5.69 Å². The number of thiophene rings is 1. The Labute approximate surface area is 114 Å². The Morgan fingerprint density at radius 2 is 2.24 bits per heavy atom. The number of nitrogens with one attached hydrogen (secondary N) is 1. The fourth-order valence-electron chi connectivity index (χ4n) is 1.72. The van der Waals surface area contributed by atoms with Crippen molar-refractivity contribution in [1.82, 2.24) is 0 Å². The molecule has 2 nitrogen and oxygen atoms in total. The first-order valence-corrected chi connectivity index (χ1v) is 7.13. The molecular formula is C13H15BrN2S. The molecule has 1 aromatic heterocycles. The maximum atomic E-state index is 5.83. The Morgan fingerprint density at radius 3 is 2.82 bits per heavy atom. The fourth-order valence-corrected chi connectivity index (χ4v) is 2.95. The average molecular weight is 311 g/mol. The van der Waals surface area contributed by atoms with Crippen molar-refractivity contribution in [3.05, 3.63) is 50.6 Å². The number of nitrogens with two attached hydrogens (primary N) is 1. The standard InChI is InChI=1S/C13H15BrN2S/c1-9-3-2-4-11(5-9)16-12(7-15)10-6-13(14)17-8-10/h2-6,8,12,16H,7,15H2,1H3. The maximum Gasteiger partial charge on any atom is 0.0702 e. The number of halogens is 1. The number of anilines is 1. The molecule has 1 unspecified atom stereocenters. The van der Waals surface area contributed by atoms with Crippen molar-refractivity contribution in [1.29, 1.82) is 0 Å². The summed E-state index contributed by atoms with van der Waals surface area (Å²) in [5.74, 6) is 0.